The highest BCUT2D eigenvalue weighted by Gasteiger charge is 2.18. The number of carbonyl (C=O) groups excluding carboxylic acids is 2. The van der Waals surface area contributed by atoms with Crippen LogP contribution < -0.4 is 10.1 Å². The number of rotatable bonds is 6. The summed E-state index contributed by atoms with van der Waals surface area (Å²) in [6.45, 7) is 0.485. The molecule has 0 spiro atoms. The lowest BCUT2D eigenvalue weighted by Crippen LogP contribution is -2.27. The molecule has 0 saturated heterocycles. The van der Waals surface area contributed by atoms with Gasteiger partial charge in [-0.25, -0.2) is 0 Å². The van der Waals surface area contributed by atoms with Gasteiger partial charge in [0.05, 0.1) is 21.9 Å². The highest BCUT2D eigenvalue weighted by Crippen LogP contribution is 2.23. The van der Waals surface area contributed by atoms with Gasteiger partial charge >= 0.3 is 0 Å². The lowest BCUT2D eigenvalue weighted by molar-refractivity contribution is 0.0786. The van der Waals surface area contributed by atoms with Gasteiger partial charge in [0.15, 0.2) is 0 Å². The molecule has 0 saturated carbocycles. The summed E-state index contributed by atoms with van der Waals surface area (Å²) >= 11 is 2.12. The molecule has 3 aromatic rings. The zero-order chi connectivity index (χ0) is 20.8. The molecule has 0 aliphatic carbocycles. The van der Waals surface area contributed by atoms with Crippen molar-refractivity contribution in [2.24, 2.45) is 0 Å². The van der Waals surface area contributed by atoms with Crippen LogP contribution in [0.25, 0.3) is 0 Å². The fourth-order valence-electron chi connectivity index (χ4n) is 2.92. The zero-order valence-electron chi connectivity index (χ0n) is 16.2. The number of methoxy groups -OCH3 is 1. The SMILES string of the molecule is COc1ccc(C(=O)Nc2ccccc2C(=O)N(C)Cc2ccccc2)cc1I. The van der Waals surface area contributed by atoms with E-state index in [-0.39, 0.29) is 11.8 Å². The van der Waals surface area contributed by atoms with Crippen LogP contribution in [0.2, 0.25) is 0 Å². The number of hydrogen-bond acceptors (Lipinski definition) is 3. The van der Waals surface area contributed by atoms with E-state index in [2.05, 4.69) is 27.9 Å². The van der Waals surface area contributed by atoms with Crippen molar-refractivity contribution in [1.82, 2.24) is 4.90 Å². The number of halogens is 1. The van der Waals surface area contributed by atoms with Gasteiger partial charge in [-0.1, -0.05) is 42.5 Å². The van der Waals surface area contributed by atoms with Crippen molar-refractivity contribution in [3.63, 3.8) is 0 Å². The molecule has 3 aromatic carbocycles. The Morgan fingerprint density at radius 1 is 1.00 bits per heavy atom. The first-order valence-corrected chi connectivity index (χ1v) is 10.1. The predicted octanol–water partition coefficient (Wildman–Crippen LogP) is 4.82. The van der Waals surface area contributed by atoms with Crippen LogP contribution in [0.5, 0.6) is 5.75 Å². The molecule has 0 atom stereocenters. The smallest absolute Gasteiger partial charge is 0.256 e. The fourth-order valence-corrected chi connectivity index (χ4v) is 3.65. The summed E-state index contributed by atoms with van der Waals surface area (Å²) < 4.78 is 6.07. The van der Waals surface area contributed by atoms with Gasteiger partial charge < -0.3 is 15.0 Å². The van der Waals surface area contributed by atoms with Crippen molar-refractivity contribution in [3.05, 3.63) is 93.1 Å². The molecule has 0 bridgehead atoms. The Kier molecular flexibility index (Phi) is 6.87. The monoisotopic (exact) mass is 500 g/mol. The Balaban J connectivity index is 1.78. The standard InChI is InChI=1S/C23H21IN2O3/c1-26(15-16-8-4-3-5-9-16)23(28)18-10-6-7-11-20(18)25-22(27)17-12-13-21(29-2)19(24)14-17/h3-14H,15H2,1-2H3,(H,25,27). The maximum Gasteiger partial charge on any atom is 0.256 e. The molecular weight excluding hydrogens is 479 g/mol. The lowest BCUT2D eigenvalue weighted by atomic mass is 10.1. The van der Waals surface area contributed by atoms with Gasteiger partial charge in [0.2, 0.25) is 0 Å². The first kappa shape index (κ1) is 20.9. The van der Waals surface area contributed by atoms with Gasteiger partial charge in [-0.15, -0.1) is 0 Å². The minimum atomic E-state index is -0.281. The van der Waals surface area contributed by atoms with Crippen molar-refractivity contribution < 1.29 is 14.3 Å². The maximum absolute atomic E-state index is 13.0. The van der Waals surface area contributed by atoms with Gasteiger partial charge in [0, 0.05) is 19.2 Å². The Hall–Kier alpha value is -2.87. The summed E-state index contributed by atoms with van der Waals surface area (Å²) in [5.74, 6) is 0.269. The average molecular weight is 500 g/mol. The van der Waals surface area contributed by atoms with Crippen LogP contribution in [0.3, 0.4) is 0 Å². The van der Waals surface area contributed by atoms with Crippen LogP contribution in [0.1, 0.15) is 26.3 Å². The second-order valence-electron chi connectivity index (χ2n) is 6.50. The molecule has 6 heteroatoms. The van der Waals surface area contributed by atoms with Crippen LogP contribution >= 0.6 is 22.6 Å². The number of benzene rings is 3. The second kappa shape index (κ2) is 9.56. The topological polar surface area (TPSA) is 58.6 Å². The van der Waals surface area contributed by atoms with Crippen LogP contribution in [-0.2, 0) is 6.54 Å². The van der Waals surface area contributed by atoms with E-state index in [9.17, 15) is 9.59 Å². The summed E-state index contributed by atoms with van der Waals surface area (Å²) in [6.07, 6.45) is 0. The van der Waals surface area contributed by atoms with E-state index >= 15 is 0 Å². The third kappa shape index (κ3) is 5.14. The number of para-hydroxylation sites is 1. The molecular formula is C23H21IN2O3. The Morgan fingerprint density at radius 3 is 2.38 bits per heavy atom. The first-order valence-electron chi connectivity index (χ1n) is 9.03. The highest BCUT2D eigenvalue weighted by atomic mass is 127. The third-order valence-corrected chi connectivity index (χ3v) is 5.27. The van der Waals surface area contributed by atoms with Crippen molar-refractivity contribution >= 4 is 40.1 Å². The molecule has 2 amide bonds. The Labute approximate surface area is 183 Å². The number of anilines is 1. The maximum atomic E-state index is 13.0. The molecule has 0 heterocycles. The lowest BCUT2D eigenvalue weighted by Gasteiger charge is -2.19. The molecule has 5 nitrogen and oxygen atoms in total. The van der Waals surface area contributed by atoms with Gasteiger partial charge in [-0.3, -0.25) is 9.59 Å². The summed E-state index contributed by atoms with van der Waals surface area (Å²) in [4.78, 5) is 27.3. The normalized spacial score (nSPS) is 10.3. The molecule has 0 aliphatic rings. The largest absolute Gasteiger partial charge is 0.496 e. The second-order valence-corrected chi connectivity index (χ2v) is 7.66. The number of carbonyl (C=O) groups is 2. The molecule has 29 heavy (non-hydrogen) atoms. The van der Waals surface area contributed by atoms with Crippen LogP contribution in [0, 0.1) is 3.57 Å². The van der Waals surface area contributed by atoms with E-state index in [1.807, 2.05) is 30.3 Å². The Morgan fingerprint density at radius 2 is 1.69 bits per heavy atom. The molecule has 0 unspecified atom stereocenters. The van der Waals surface area contributed by atoms with E-state index in [0.29, 0.717) is 29.1 Å². The molecule has 148 valence electrons. The molecule has 0 radical (unpaired) electrons. The first-order chi connectivity index (χ1) is 14.0. The van der Waals surface area contributed by atoms with Crippen LogP contribution in [-0.4, -0.2) is 30.9 Å². The quantitative estimate of drug-likeness (QED) is 0.494. The molecule has 3 rings (SSSR count). The van der Waals surface area contributed by atoms with Crippen molar-refractivity contribution in [3.8, 4) is 5.75 Å². The zero-order valence-corrected chi connectivity index (χ0v) is 18.3. The average Bonchev–Trinajstić information content (AvgIpc) is 2.74. The van der Waals surface area contributed by atoms with E-state index in [1.54, 1.807) is 61.5 Å². The van der Waals surface area contributed by atoms with Gasteiger partial charge in [0.1, 0.15) is 5.75 Å². The van der Waals surface area contributed by atoms with Crippen LogP contribution in [0.4, 0.5) is 5.69 Å². The number of ether oxygens (including phenoxy) is 1. The third-order valence-electron chi connectivity index (χ3n) is 4.43. The van der Waals surface area contributed by atoms with E-state index in [1.165, 1.54) is 0 Å². The number of nitrogens with one attached hydrogen (secondary N) is 1. The number of amides is 2. The number of nitrogens with zero attached hydrogens (tertiary/aromatic N) is 1. The minimum absolute atomic E-state index is 0.158. The minimum Gasteiger partial charge on any atom is -0.496 e. The summed E-state index contributed by atoms with van der Waals surface area (Å²) in [7, 11) is 3.34. The summed E-state index contributed by atoms with van der Waals surface area (Å²) in [5, 5.41) is 2.86. The van der Waals surface area contributed by atoms with Gasteiger partial charge in [-0.05, 0) is 58.5 Å². The van der Waals surface area contributed by atoms with Crippen molar-refractivity contribution in [2.75, 3.05) is 19.5 Å². The van der Waals surface area contributed by atoms with Gasteiger partial charge in [0.25, 0.3) is 11.8 Å². The highest BCUT2D eigenvalue weighted by molar-refractivity contribution is 14.1. The molecule has 0 aromatic heterocycles. The number of hydrogen-bond donors (Lipinski definition) is 1. The molecule has 0 fully saturated rings. The van der Waals surface area contributed by atoms with E-state index in [4.69, 9.17) is 4.74 Å². The van der Waals surface area contributed by atoms with E-state index in [0.717, 1.165) is 9.13 Å². The molecule has 1 N–H and O–H groups in total. The van der Waals surface area contributed by atoms with Crippen molar-refractivity contribution in [1.29, 1.82) is 0 Å². The fraction of sp³-hybridized carbons (Fsp3) is 0.130. The Bertz CT molecular complexity index is 1020. The van der Waals surface area contributed by atoms with Gasteiger partial charge in [-0.2, -0.15) is 0 Å². The van der Waals surface area contributed by atoms with Crippen molar-refractivity contribution in [2.45, 2.75) is 6.54 Å². The summed E-state index contributed by atoms with van der Waals surface area (Å²) in [5.41, 5.74) is 2.46. The summed E-state index contributed by atoms with van der Waals surface area (Å²) in [6, 6.07) is 22.0. The predicted molar refractivity (Wildman–Crippen MR) is 122 cm³/mol. The van der Waals surface area contributed by atoms with Crippen LogP contribution in [0.15, 0.2) is 72.8 Å². The molecule has 0 aliphatic heterocycles. The van der Waals surface area contributed by atoms with E-state index < -0.39 is 0 Å².